The molecule has 3 N–H and O–H groups in total. The Kier molecular flexibility index (Phi) is 8.39. The van der Waals surface area contributed by atoms with Crippen LogP contribution in [0.15, 0.2) is 53.5 Å². The van der Waals surface area contributed by atoms with Crippen molar-refractivity contribution in [1.82, 2.24) is 10.6 Å². The number of nitrogens with one attached hydrogen (secondary N) is 2. The number of guanidine groups is 1. The Bertz CT molecular complexity index is 858. The van der Waals surface area contributed by atoms with E-state index < -0.39 is 11.7 Å². The van der Waals surface area contributed by atoms with Crippen LogP contribution >= 0.6 is 0 Å². The van der Waals surface area contributed by atoms with Crippen molar-refractivity contribution in [2.45, 2.75) is 39.0 Å². The highest BCUT2D eigenvalue weighted by Crippen LogP contribution is 2.29. The third-order valence-electron chi connectivity index (χ3n) is 5.68. The SMILES string of the molecule is CCNC(=NCc1ccc(N2CCC(CO)CC2)cc1)NCc1ccc(C(F)(F)F)cc1. The number of hydrogen-bond donors (Lipinski definition) is 3. The number of piperidine rings is 1. The van der Waals surface area contributed by atoms with Gasteiger partial charge < -0.3 is 20.6 Å². The van der Waals surface area contributed by atoms with E-state index in [9.17, 15) is 18.3 Å². The summed E-state index contributed by atoms with van der Waals surface area (Å²) in [4.78, 5) is 6.93. The van der Waals surface area contributed by atoms with Crippen LogP contribution in [-0.2, 0) is 19.3 Å². The topological polar surface area (TPSA) is 59.9 Å². The zero-order chi connectivity index (χ0) is 23.0. The van der Waals surface area contributed by atoms with Gasteiger partial charge in [0.25, 0.3) is 0 Å². The standard InChI is InChI=1S/C24H31F3N4O/c1-2-28-23(29-15-18-3-7-21(8-4-18)24(25,26)27)30-16-19-5-9-22(10-6-19)31-13-11-20(17-32)12-14-31/h3-10,20,32H,2,11-17H2,1H3,(H2,28,29,30). The molecule has 3 rings (SSSR count). The minimum Gasteiger partial charge on any atom is -0.396 e. The summed E-state index contributed by atoms with van der Waals surface area (Å²) in [6.07, 6.45) is -2.30. The molecule has 1 saturated heterocycles. The van der Waals surface area contributed by atoms with Crippen molar-refractivity contribution in [3.8, 4) is 0 Å². The first-order chi connectivity index (χ1) is 15.4. The summed E-state index contributed by atoms with van der Waals surface area (Å²) in [5, 5.41) is 15.6. The molecule has 0 amide bonds. The molecule has 0 spiro atoms. The third kappa shape index (κ3) is 6.88. The van der Waals surface area contributed by atoms with Gasteiger partial charge in [0, 0.05) is 38.5 Å². The molecular formula is C24H31F3N4O. The van der Waals surface area contributed by atoms with Gasteiger partial charge in [-0.1, -0.05) is 24.3 Å². The molecule has 0 unspecified atom stereocenters. The number of halogens is 3. The van der Waals surface area contributed by atoms with Crippen molar-refractivity contribution in [3.63, 3.8) is 0 Å². The first kappa shape index (κ1) is 23.9. The number of alkyl halides is 3. The molecule has 32 heavy (non-hydrogen) atoms. The molecule has 2 aromatic carbocycles. The van der Waals surface area contributed by atoms with E-state index >= 15 is 0 Å². The predicted octanol–water partition coefficient (Wildman–Crippen LogP) is 4.17. The van der Waals surface area contributed by atoms with Gasteiger partial charge in [0.15, 0.2) is 5.96 Å². The average molecular weight is 449 g/mol. The number of aliphatic hydroxyl groups excluding tert-OH is 1. The van der Waals surface area contributed by atoms with E-state index in [1.165, 1.54) is 17.8 Å². The Balaban J connectivity index is 1.54. The average Bonchev–Trinajstić information content (AvgIpc) is 2.81. The highest BCUT2D eigenvalue weighted by Gasteiger charge is 2.29. The lowest BCUT2D eigenvalue weighted by atomic mass is 9.97. The fraction of sp³-hybridized carbons (Fsp3) is 0.458. The number of rotatable bonds is 7. The molecule has 1 heterocycles. The summed E-state index contributed by atoms with van der Waals surface area (Å²) in [6.45, 7) is 5.71. The maximum Gasteiger partial charge on any atom is 0.416 e. The van der Waals surface area contributed by atoms with Crippen LogP contribution in [0, 0.1) is 5.92 Å². The van der Waals surface area contributed by atoms with E-state index in [1.807, 2.05) is 6.92 Å². The maximum absolute atomic E-state index is 12.7. The van der Waals surface area contributed by atoms with Crippen LogP contribution in [-0.4, -0.2) is 37.3 Å². The molecule has 1 fully saturated rings. The van der Waals surface area contributed by atoms with Crippen LogP contribution in [0.25, 0.3) is 0 Å². The van der Waals surface area contributed by atoms with E-state index in [0.29, 0.717) is 31.5 Å². The van der Waals surface area contributed by atoms with Gasteiger partial charge in [-0.2, -0.15) is 13.2 Å². The van der Waals surface area contributed by atoms with Gasteiger partial charge in [0.1, 0.15) is 0 Å². The van der Waals surface area contributed by atoms with Crippen LogP contribution < -0.4 is 15.5 Å². The molecule has 2 aromatic rings. The molecule has 1 aliphatic rings. The first-order valence-electron chi connectivity index (χ1n) is 11.0. The Morgan fingerprint density at radius 1 is 1.00 bits per heavy atom. The van der Waals surface area contributed by atoms with Gasteiger partial charge in [-0.05, 0) is 61.1 Å². The van der Waals surface area contributed by atoms with E-state index in [4.69, 9.17) is 0 Å². The summed E-state index contributed by atoms with van der Waals surface area (Å²) in [5.41, 5.74) is 2.35. The molecule has 174 valence electrons. The van der Waals surface area contributed by atoms with Gasteiger partial charge in [0.05, 0.1) is 12.1 Å². The number of hydrogen-bond acceptors (Lipinski definition) is 3. The van der Waals surface area contributed by atoms with Crippen LogP contribution in [0.4, 0.5) is 18.9 Å². The number of benzene rings is 2. The molecular weight excluding hydrogens is 417 g/mol. The molecule has 0 aromatic heterocycles. The second-order valence-electron chi connectivity index (χ2n) is 8.02. The van der Waals surface area contributed by atoms with Crippen molar-refractivity contribution in [1.29, 1.82) is 0 Å². The van der Waals surface area contributed by atoms with Crippen molar-refractivity contribution in [2.24, 2.45) is 10.9 Å². The van der Waals surface area contributed by atoms with E-state index in [-0.39, 0.29) is 6.61 Å². The Hall–Kier alpha value is -2.74. The largest absolute Gasteiger partial charge is 0.416 e. The van der Waals surface area contributed by atoms with Gasteiger partial charge in [-0.3, -0.25) is 0 Å². The molecule has 0 saturated carbocycles. The smallest absolute Gasteiger partial charge is 0.396 e. The molecule has 8 heteroatoms. The van der Waals surface area contributed by atoms with Crippen LogP contribution in [0.3, 0.4) is 0 Å². The van der Waals surface area contributed by atoms with Crippen molar-refractivity contribution < 1.29 is 18.3 Å². The van der Waals surface area contributed by atoms with Crippen molar-refractivity contribution in [2.75, 3.05) is 31.1 Å². The summed E-state index contributed by atoms with van der Waals surface area (Å²) in [7, 11) is 0. The summed E-state index contributed by atoms with van der Waals surface area (Å²) in [6, 6.07) is 13.5. The lowest BCUT2D eigenvalue weighted by Crippen LogP contribution is -2.36. The molecule has 0 bridgehead atoms. The zero-order valence-corrected chi connectivity index (χ0v) is 18.3. The molecule has 0 aliphatic carbocycles. The van der Waals surface area contributed by atoms with Gasteiger partial charge >= 0.3 is 6.18 Å². The van der Waals surface area contributed by atoms with Crippen molar-refractivity contribution in [3.05, 3.63) is 65.2 Å². The quantitative estimate of drug-likeness (QED) is 0.440. The Morgan fingerprint density at radius 2 is 1.62 bits per heavy atom. The van der Waals surface area contributed by atoms with Gasteiger partial charge in [-0.25, -0.2) is 4.99 Å². The summed E-state index contributed by atoms with van der Waals surface area (Å²) < 4.78 is 38.1. The fourth-order valence-corrected chi connectivity index (χ4v) is 3.70. The Morgan fingerprint density at radius 3 is 2.19 bits per heavy atom. The zero-order valence-electron chi connectivity index (χ0n) is 18.3. The van der Waals surface area contributed by atoms with E-state index in [1.54, 1.807) is 0 Å². The molecule has 5 nitrogen and oxygen atoms in total. The summed E-state index contributed by atoms with van der Waals surface area (Å²) >= 11 is 0. The first-order valence-corrected chi connectivity index (χ1v) is 11.0. The number of anilines is 1. The molecule has 0 radical (unpaired) electrons. The number of aliphatic hydroxyl groups is 1. The number of nitrogens with zero attached hydrogens (tertiary/aromatic N) is 2. The van der Waals surface area contributed by atoms with Gasteiger partial charge in [0.2, 0.25) is 0 Å². The summed E-state index contributed by atoms with van der Waals surface area (Å²) in [5.74, 6) is 1.03. The maximum atomic E-state index is 12.7. The van der Waals surface area contributed by atoms with Gasteiger partial charge in [-0.15, -0.1) is 0 Å². The number of aliphatic imine (C=N–C) groups is 1. The van der Waals surface area contributed by atoms with Crippen LogP contribution in [0.5, 0.6) is 0 Å². The molecule has 0 atom stereocenters. The fourth-order valence-electron chi connectivity index (χ4n) is 3.70. The monoisotopic (exact) mass is 448 g/mol. The lowest BCUT2D eigenvalue weighted by Gasteiger charge is -2.32. The van der Waals surface area contributed by atoms with Crippen molar-refractivity contribution >= 4 is 11.6 Å². The van der Waals surface area contributed by atoms with Crippen LogP contribution in [0.2, 0.25) is 0 Å². The minimum atomic E-state index is -4.33. The normalized spacial score (nSPS) is 15.7. The highest BCUT2D eigenvalue weighted by atomic mass is 19.4. The second-order valence-corrected chi connectivity index (χ2v) is 8.02. The van der Waals surface area contributed by atoms with E-state index in [2.05, 4.69) is 44.8 Å². The van der Waals surface area contributed by atoms with Crippen LogP contribution in [0.1, 0.15) is 36.5 Å². The highest BCUT2D eigenvalue weighted by molar-refractivity contribution is 5.79. The third-order valence-corrected chi connectivity index (χ3v) is 5.68. The Labute approximate surface area is 187 Å². The van der Waals surface area contributed by atoms with E-state index in [0.717, 1.165) is 49.2 Å². The molecule has 1 aliphatic heterocycles. The predicted molar refractivity (Wildman–Crippen MR) is 122 cm³/mol. The lowest BCUT2D eigenvalue weighted by molar-refractivity contribution is -0.137. The minimum absolute atomic E-state index is 0.270. The second kappa shape index (κ2) is 11.2.